The zero-order valence-corrected chi connectivity index (χ0v) is 17.9. The molecule has 0 unspecified atom stereocenters. The van der Waals surface area contributed by atoms with E-state index in [9.17, 15) is 4.79 Å². The minimum Gasteiger partial charge on any atom is -0.495 e. The molecule has 1 amide bonds. The van der Waals surface area contributed by atoms with Gasteiger partial charge in [0.25, 0.3) is 5.91 Å². The summed E-state index contributed by atoms with van der Waals surface area (Å²) in [5.41, 5.74) is 2.68. The number of nitrogens with one attached hydrogen (secondary N) is 2. The number of quaternary nitrogens is 1. The largest absolute Gasteiger partial charge is 0.495 e. The molecule has 1 saturated heterocycles. The number of hydrogen-bond acceptors (Lipinski definition) is 3. The van der Waals surface area contributed by atoms with E-state index < -0.39 is 0 Å². The molecule has 2 aromatic rings. The Balaban J connectivity index is 1.61. The van der Waals surface area contributed by atoms with Crippen LogP contribution >= 0.6 is 23.2 Å². The first-order valence-electron chi connectivity index (χ1n) is 9.39. The fourth-order valence-electron chi connectivity index (χ4n) is 3.51. The molecular weight excluding hydrogens is 397 g/mol. The van der Waals surface area contributed by atoms with Crippen molar-refractivity contribution in [3.63, 3.8) is 0 Å². The van der Waals surface area contributed by atoms with E-state index in [-0.39, 0.29) is 11.9 Å². The van der Waals surface area contributed by atoms with Crippen LogP contribution in [0.5, 0.6) is 5.75 Å². The van der Waals surface area contributed by atoms with Crippen molar-refractivity contribution in [2.75, 3.05) is 43.5 Å². The van der Waals surface area contributed by atoms with Gasteiger partial charge in [0.15, 0.2) is 6.04 Å². The molecule has 0 radical (unpaired) electrons. The van der Waals surface area contributed by atoms with Gasteiger partial charge in [-0.3, -0.25) is 4.79 Å². The summed E-state index contributed by atoms with van der Waals surface area (Å²) in [5.74, 6) is 0.545. The summed E-state index contributed by atoms with van der Waals surface area (Å²) in [4.78, 5) is 16.4. The average molecular weight is 423 g/mol. The molecule has 150 valence electrons. The molecule has 0 spiro atoms. The Kier molecular flexibility index (Phi) is 6.70. The standard InChI is InChI=1S/C21H25Cl2N3O2/c1-14-11-19(20(28-3)13-18(14)23)24-21(27)15(2)25-7-9-26(10-8-25)17-6-4-5-16(22)12-17/h4-6,11-13,15H,7-10H2,1-3H3,(H,24,27)/p+1/t15-/m0/s1. The number of hydrogen-bond donors (Lipinski definition) is 2. The first-order chi connectivity index (χ1) is 13.4. The topological polar surface area (TPSA) is 46.0 Å². The summed E-state index contributed by atoms with van der Waals surface area (Å²) in [6, 6.07) is 11.3. The molecule has 0 aliphatic carbocycles. The summed E-state index contributed by atoms with van der Waals surface area (Å²) in [7, 11) is 1.57. The van der Waals surface area contributed by atoms with Gasteiger partial charge < -0.3 is 19.9 Å². The van der Waals surface area contributed by atoms with Crippen molar-refractivity contribution in [3.05, 3.63) is 52.0 Å². The number of ether oxygens (including phenoxy) is 1. The third-order valence-corrected chi connectivity index (χ3v) is 5.97. The predicted molar refractivity (Wildman–Crippen MR) is 115 cm³/mol. The molecule has 0 bridgehead atoms. The normalized spacial score (nSPS) is 16.0. The van der Waals surface area contributed by atoms with Crippen LogP contribution in [0, 0.1) is 6.92 Å². The highest BCUT2D eigenvalue weighted by Gasteiger charge is 2.29. The van der Waals surface area contributed by atoms with Gasteiger partial charge in [0, 0.05) is 21.8 Å². The van der Waals surface area contributed by atoms with Crippen LogP contribution in [0.4, 0.5) is 11.4 Å². The van der Waals surface area contributed by atoms with Crippen molar-refractivity contribution in [1.82, 2.24) is 0 Å². The quantitative estimate of drug-likeness (QED) is 0.777. The van der Waals surface area contributed by atoms with Crippen LogP contribution < -0.4 is 19.9 Å². The molecule has 3 rings (SSSR count). The average Bonchev–Trinajstić information content (AvgIpc) is 2.70. The molecule has 0 aromatic heterocycles. The Morgan fingerprint density at radius 1 is 1.21 bits per heavy atom. The van der Waals surface area contributed by atoms with Crippen molar-refractivity contribution < 1.29 is 14.4 Å². The van der Waals surface area contributed by atoms with Crippen LogP contribution in [0.2, 0.25) is 10.0 Å². The Morgan fingerprint density at radius 3 is 2.57 bits per heavy atom. The van der Waals surface area contributed by atoms with Gasteiger partial charge in [0.05, 0.1) is 39.0 Å². The van der Waals surface area contributed by atoms with Crippen LogP contribution in [-0.2, 0) is 4.79 Å². The Labute approximate surface area is 176 Å². The fraction of sp³-hybridized carbons (Fsp3) is 0.381. The third kappa shape index (κ3) is 4.72. The third-order valence-electron chi connectivity index (χ3n) is 5.32. The molecule has 5 nitrogen and oxygen atoms in total. The number of anilines is 2. The number of aryl methyl sites for hydroxylation is 1. The van der Waals surface area contributed by atoms with Crippen molar-refractivity contribution in [2.45, 2.75) is 19.9 Å². The fourth-order valence-corrected chi connectivity index (χ4v) is 3.85. The number of carbonyl (C=O) groups excluding carboxylic acids is 1. The molecule has 7 heteroatoms. The van der Waals surface area contributed by atoms with Crippen LogP contribution in [0.1, 0.15) is 12.5 Å². The molecule has 1 heterocycles. The van der Waals surface area contributed by atoms with E-state index in [1.807, 2.05) is 38.1 Å². The number of rotatable bonds is 5. The summed E-state index contributed by atoms with van der Waals surface area (Å²) in [6.45, 7) is 7.42. The lowest BCUT2D eigenvalue weighted by atomic mass is 10.1. The van der Waals surface area contributed by atoms with Gasteiger partial charge in [0.1, 0.15) is 5.75 Å². The van der Waals surface area contributed by atoms with Crippen LogP contribution in [-0.4, -0.2) is 45.2 Å². The number of amides is 1. The maximum atomic E-state index is 12.8. The van der Waals surface area contributed by atoms with Gasteiger partial charge in [0.2, 0.25) is 0 Å². The van der Waals surface area contributed by atoms with Crippen molar-refractivity contribution >= 4 is 40.5 Å². The minimum atomic E-state index is -0.165. The Morgan fingerprint density at radius 2 is 1.93 bits per heavy atom. The van der Waals surface area contributed by atoms with E-state index in [2.05, 4.69) is 16.3 Å². The molecule has 0 saturated carbocycles. The Hall–Kier alpha value is -1.95. The number of benzene rings is 2. The molecule has 28 heavy (non-hydrogen) atoms. The zero-order chi connectivity index (χ0) is 20.3. The lowest BCUT2D eigenvalue weighted by molar-refractivity contribution is -0.914. The van der Waals surface area contributed by atoms with Crippen LogP contribution in [0.25, 0.3) is 0 Å². The van der Waals surface area contributed by atoms with E-state index >= 15 is 0 Å². The lowest BCUT2D eigenvalue weighted by Crippen LogP contribution is -3.19. The molecular formula is C21H26Cl2N3O2+. The zero-order valence-electron chi connectivity index (χ0n) is 16.4. The van der Waals surface area contributed by atoms with Gasteiger partial charge in [-0.2, -0.15) is 0 Å². The summed E-state index contributed by atoms with van der Waals surface area (Å²) in [6.07, 6.45) is 0. The summed E-state index contributed by atoms with van der Waals surface area (Å²) >= 11 is 12.3. The van der Waals surface area contributed by atoms with E-state index in [1.165, 1.54) is 4.90 Å². The smallest absolute Gasteiger partial charge is 0.282 e. The van der Waals surface area contributed by atoms with Gasteiger partial charge in [-0.05, 0) is 43.7 Å². The van der Waals surface area contributed by atoms with E-state index in [0.717, 1.165) is 42.5 Å². The molecule has 1 fully saturated rings. The van der Waals surface area contributed by atoms with E-state index in [4.69, 9.17) is 27.9 Å². The number of methoxy groups -OCH3 is 1. The lowest BCUT2D eigenvalue weighted by Gasteiger charge is -2.36. The maximum absolute atomic E-state index is 12.8. The van der Waals surface area contributed by atoms with Crippen molar-refractivity contribution in [3.8, 4) is 5.75 Å². The van der Waals surface area contributed by atoms with E-state index in [0.29, 0.717) is 16.5 Å². The Bertz CT molecular complexity index is 852. The number of piperazine rings is 1. The predicted octanol–water partition coefficient (Wildman–Crippen LogP) is 3.04. The van der Waals surface area contributed by atoms with Crippen molar-refractivity contribution in [1.29, 1.82) is 0 Å². The second-order valence-electron chi connectivity index (χ2n) is 7.14. The maximum Gasteiger partial charge on any atom is 0.282 e. The number of carbonyl (C=O) groups is 1. The van der Waals surface area contributed by atoms with E-state index in [1.54, 1.807) is 13.2 Å². The second kappa shape index (κ2) is 9.03. The van der Waals surface area contributed by atoms with Gasteiger partial charge in [-0.25, -0.2) is 0 Å². The summed E-state index contributed by atoms with van der Waals surface area (Å²) < 4.78 is 5.36. The first-order valence-corrected chi connectivity index (χ1v) is 10.1. The molecule has 2 aromatic carbocycles. The second-order valence-corrected chi connectivity index (χ2v) is 7.98. The highest BCUT2D eigenvalue weighted by molar-refractivity contribution is 6.31. The number of halogens is 2. The van der Waals surface area contributed by atoms with Gasteiger partial charge >= 0.3 is 0 Å². The highest BCUT2D eigenvalue weighted by atomic mass is 35.5. The van der Waals surface area contributed by atoms with Gasteiger partial charge in [-0.1, -0.05) is 29.3 Å². The van der Waals surface area contributed by atoms with Crippen LogP contribution in [0.3, 0.4) is 0 Å². The minimum absolute atomic E-state index is 0.0220. The van der Waals surface area contributed by atoms with Gasteiger partial charge in [-0.15, -0.1) is 0 Å². The molecule has 1 atom stereocenters. The molecule has 2 N–H and O–H groups in total. The highest BCUT2D eigenvalue weighted by Crippen LogP contribution is 2.31. The summed E-state index contributed by atoms with van der Waals surface area (Å²) in [5, 5.41) is 4.36. The SMILES string of the molecule is COc1cc(Cl)c(C)cc1NC(=O)[C@H](C)[NH+]1CCN(c2cccc(Cl)c2)CC1. The number of nitrogens with zero attached hydrogens (tertiary/aromatic N) is 1. The first kappa shape index (κ1) is 20.8. The van der Waals surface area contributed by atoms with Crippen molar-refractivity contribution in [2.24, 2.45) is 0 Å². The molecule has 1 aliphatic rings. The molecule has 1 aliphatic heterocycles. The monoisotopic (exact) mass is 422 g/mol. The van der Waals surface area contributed by atoms with Crippen LogP contribution in [0.15, 0.2) is 36.4 Å².